The first-order chi connectivity index (χ1) is 16.2. The van der Waals surface area contributed by atoms with Gasteiger partial charge in [-0.3, -0.25) is 9.59 Å². The van der Waals surface area contributed by atoms with Crippen molar-refractivity contribution in [2.24, 2.45) is 0 Å². The summed E-state index contributed by atoms with van der Waals surface area (Å²) in [6, 6.07) is 7.99. The second kappa shape index (κ2) is 6.91. The van der Waals surface area contributed by atoms with Crippen molar-refractivity contribution in [1.82, 2.24) is 19.0 Å². The minimum absolute atomic E-state index is 0.0667. The fraction of sp³-hybridized carbons (Fsp3) is 0.375. The predicted octanol–water partition coefficient (Wildman–Crippen LogP) is 2.89. The summed E-state index contributed by atoms with van der Waals surface area (Å²) in [5, 5.41) is 0. The van der Waals surface area contributed by atoms with Gasteiger partial charge in [0.1, 0.15) is 28.5 Å². The van der Waals surface area contributed by atoms with Crippen molar-refractivity contribution in [3.05, 3.63) is 70.2 Å². The van der Waals surface area contributed by atoms with Crippen molar-refractivity contribution < 1.29 is 23.0 Å². The molecule has 8 nitrogen and oxygen atoms in total. The van der Waals surface area contributed by atoms with Gasteiger partial charge in [-0.1, -0.05) is 0 Å². The summed E-state index contributed by atoms with van der Waals surface area (Å²) in [5.74, 6) is 0.447. The van der Waals surface area contributed by atoms with Crippen molar-refractivity contribution in [2.75, 3.05) is 13.1 Å². The Hall–Kier alpha value is -3.69. The number of hydrogen-bond donors (Lipinski definition) is 0. The van der Waals surface area contributed by atoms with E-state index in [1.54, 1.807) is 46.3 Å². The van der Waals surface area contributed by atoms with Crippen LogP contribution in [0.4, 0.5) is 8.78 Å². The predicted molar refractivity (Wildman–Crippen MR) is 117 cm³/mol. The largest absolute Gasteiger partial charge is 0.486 e. The molecule has 0 radical (unpaired) electrons. The fourth-order valence-electron chi connectivity index (χ4n) is 5.43. The van der Waals surface area contributed by atoms with E-state index in [2.05, 4.69) is 9.72 Å². The average Bonchev–Trinajstić information content (AvgIpc) is 3.03. The number of alkyl halides is 2. The highest BCUT2D eigenvalue weighted by molar-refractivity contribution is 5.93. The highest BCUT2D eigenvalue weighted by Crippen LogP contribution is 2.67. The monoisotopic (exact) mass is 468 g/mol. The lowest BCUT2D eigenvalue weighted by atomic mass is 9.92. The van der Waals surface area contributed by atoms with Crippen LogP contribution in [0.5, 0.6) is 11.5 Å². The molecule has 34 heavy (non-hydrogen) atoms. The number of rotatable bonds is 5. The summed E-state index contributed by atoms with van der Waals surface area (Å²) in [7, 11) is 0. The van der Waals surface area contributed by atoms with Gasteiger partial charge < -0.3 is 23.5 Å². The van der Waals surface area contributed by atoms with Gasteiger partial charge in [-0.05, 0) is 44.2 Å². The molecule has 2 atom stereocenters. The van der Waals surface area contributed by atoms with Crippen LogP contribution in [0.2, 0.25) is 0 Å². The van der Waals surface area contributed by atoms with E-state index in [1.807, 2.05) is 13.8 Å². The van der Waals surface area contributed by atoms with E-state index in [1.165, 1.54) is 10.6 Å². The van der Waals surface area contributed by atoms with Gasteiger partial charge in [-0.25, -0.2) is 4.98 Å². The summed E-state index contributed by atoms with van der Waals surface area (Å²) in [5.41, 5.74) is 1.05. The molecule has 1 aromatic carbocycles. The molecule has 0 bridgehead atoms. The summed E-state index contributed by atoms with van der Waals surface area (Å²) < 4.78 is 39.4. The average molecular weight is 468 g/mol. The Balaban J connectivity index is 1.30. The lowest BCUT2D eigenvalue weighted by molar-refractivity contribution is -0.0499. The smallest absolute Gasteiger partial charge is 0.387 e. The molecule has 0 N–H and O–H groups in total. The number of aryl methyl sites for hydroxylation is 1. The number of halogens is 2. The molecule has 6 rings (SSSR count). The maximum absolute atomic E-state index is 13.4. The molecule has 3 aliphatic rings. The molecule has 1 amide bonds. The first-order valence-electron chi connectivity index (χ1n) is 11.0. The summed E-state index contributed by atoms with van der Waals surface area (Å²) in [6.07, 6.45) is 4.00. The molecular formula is C24H22F2N4O4. The number of aromatic nitrogens is 3. The topological polar surface area (TPSA) is 78.6 Å². The first-order valence-corrected chi connectivity index (χ1v) is 11.0. The molecule has 4 heterocycles. The van der Waals surface area contributed by atoms with Crippen LogP contribution in [0.25, 0.3) is 5.69 Å². The van der Waals surface area contributed by atoms with Crippen molar-refractivity contribution in [1.29, 1.82) is 0 Å². The molecule has 3 aromatic rings. The molecule has 0 unspecified atom stereocenters. The number of pyridine rings is 1. The lowest BCUT2D eigenvalue weighted by Gasteiger charge is -2.32. The molecule has 1 aliphatic carbocycles. The summed E-state index contributed by atoms with van der Waals surface area (Å²) in [6.45, 7) is 1.97. The maximum Gasteiger partial charge on any atom is 0.387 e. The zero-order chi connectivity index (χ0) is 23.8. The second-order valence-corrected chi connectivity index (χ2v) is 9.34. The molecule has 2 aromatic heterocycles. The number of benzene rings is 1. The highest BCUT2D eigenvalue weighted by Gasteiger charge is 2.73. The van der Waals surface area contributed by atoms with Crippen molar-refractivity contribution in [3.63, 3.8) is 0 Å². The second-order valence-electron chi connectivity index (χ2n) is 9.34. The molecule has 2 aliphatic heterocycles. The Kier molecular flexibility index (Phi) is 4.24. The molecular weight excluding hydrogens is 446 g/mol. The van der Waals surface area contributed by atoms with E-state index < -0.39 is 17.6 Å². The van der Waals surface area contributed by atoms with Crippen LogP contribution in [0, 0.1) is 6.92 Å². The molecule has 0 saturated heterocycles. The Morgan fingerprint density at radius 1 is 1.21 bits per heavy atom. The molecule has 0 spiro atoms. The lowest BCUT2D eigenvalue weighted by Crippen LogP contribution is -2.48. The Bertz CT molecular complexity index is 1400. The minimum Gasteiger partial charge on any atom is -0.486 e. The van der Waals surface area contributed by atoms with E-state index in [-0.39, 0.29) is 17.2 Å². The SMILES string of the molecule is Cc1cn(-c2ccc3n(c2=O)CCN(C[C@@]24C[C@]2(C)Oc2ccc(OC(F)F)cc24)C3=O)cn1. The van der Waals surface area contributed by atoms with Crippen LogP contribution < -0.4 is 15.0 Å². The van der Waals surface area contributed by atoms with Gasteiger partial charge in [0.25, 0.3) is 11.5 Å². The normalized spacial score (nSPS) is 24.5. The molecule has 10 heteroatoms. The number of nitrogens with zero attached hydrogens (tertiary/aromatic N) is 4. The van der Waals surface area contributed by atoms with Gasteiger partial charge in [0.15, 0.2) is 0 Å². The fourth-order valence-corrected chi connectivity index (χ4v) is 5.43. The van der Waals surface area contributed by atoms with Crippen molar-refractivity contribution in [2.45, 2.75) is 44.4 Å². The zero-order valence-corrected chi connectivity index (χ0v) is 18.6. The summed E-state index contributed by atoms with van der Waals surface area (Å²) >= 11 is 0. The van der Waals surface area contributed by atoms with Crippen molar-refractivity contribution in [3.8, 4) is 17.2 Å². The molecule has 1 saturated carbocycles. The first kappa shape index (κ1) is 20.9. The number of fused-ring (bicyclic) bond motifs is 4. The quantitative estimate of drug-likeness (QED) is 0.576. The van der Waals surface area contributed by atoms with Gasteiger partial charge in [0.05, 0.1) is 17.4 Å². The Morgan fingerprint density at radius 2 is 2.03 bits per heavy atom. The third kappa shape index (κ3) is 2.90. The molecule has 1 fully saturated rings. The van der Waals surface area contributed by atoms with Crippen LogP contribution >= 0.6 is 0 Å². The third-order valence-corrected chi connectivity index (χ3v) is 7.26. The number of hydrogen-bond acceptors (Lipinski definition) is 5. The van der Waals surface area contributed by atoms with Crippen LogP contribution in [0.3, 0.4) is 0 Å². The van der Waals surface area contributed by atoms with E-state index in [9.17, 15) is 18.4 Å². The van der Waals surface area contributed by atoms with Gasteiger partial charge in [-0.2, -0.15) is 8.78 Å². The van der Waals surface area contributed by atoms with E-state index in [0.717, 1.165) is 11.3 Å². The van der Waals surface area contributed by atoms with Crippen LogP contribution in [0.15, 0.2) is 47.7 Å². The molecule has 176 valence electrons. The maximum atomic E-state index is 13.4. The van der Waals surface area contributed by atoms with Gasteiger partial charge >= 0.3 is 6.61 Å². The van der Waals surface area contributed by atoms with Crippen LogP contribution in [-0.2, 0) is 12.0 Å². The van der Waals surface area contributed by atoms with E-state index >= 15 is 0 Å². The Morgan fingerprint density at radius 3 is 2.76 bits per heavy atom. The number of ether oxygens (including phenoxy) is 2. The van der Waals surface area contributed by atoms with Crippen molar-refractivity contribution >= 4 is 5.91 Å². The summed E-state index contributed by atoms with van der Waals surface area (Å²) in [4.78, 5) is 32.3. The zero-order valence-electron chi connectivity index (χ0n) is 18.6. The van der Waals surface area contributed by atoms with Gasteiger partial charge in [-0.15, -0.1) is 0 Å². The minimum atomic E-state index is -2.92. The van der Waals surface area contributed by atoms with Crippen LogP contribution in [0.1, 0.15) is 35.1 Å². The van der Waals surface area contributed by atoms with Gasteiger partial charge in [0.2, 0.25) is 0 Å². The van der Waals surface area contributed by atoms with Gasteiger partial charge in [0, 0.05) is 37.8 Å². The standard InChI is InChI=1S/C24H22F2N4O4/c1-14-10-29(13-27-14)17-4-5-18-20(31)28(7-8-30(18)21(17)32)12-24-11-23(24,2)34-19-6-3-15(9-16(19)24)33-22(25)26/h3-6,9-10,13,22H,7-8,11-12H2,1-2H3/t23-,24+/m0/s1. The van der Waals surface area contributed by atoms with E-state index in [4.69, 9.17) is 4.74 Å². The number of carbonyl (C=O) groups is 1. The van der Waals surface area contributed by atoms with E-state index in [0.29, 0.717) is 43.2 Å². The number of imidazole rings is 1. The highest BCUT2D eigenvalue weighted by atomic mass is 19.3. The number of carbonyl (C=O) groups excluding carboxylic acids is 1. The Labute approximate surface area is 193 Å². The van der Waals surface area contributed by atoms with Crippen LogP contribution in [-0.4, -0.2) is 50.2 Å². The number of amides is 1. The third-order valence-electron chi connectivity index (χ3n) is 7.26.